The van der Waals surface area contributed by atoms with Gasteiger partial charge in [0.2, 0.25) is 11.8 Å². The van der Waals surface area contributed by atoms with Crippen molar-refractivity contribution in [2.24, 2.45) is 5.92 Å². The predicted molar refractivity (Wildman–Crippen MR) is 115 cm³/mol. The zero-order valence-corrected chi connectivity index (χ0v) is 18.3. The van der Waals surface area contributed by atoms with Crippen molar-refractivity contribution in [2.75, 3.05) is 12.4 Å². The van der Waals surface area contributed by atoms with Gasteiger partial charge in [-0.2, -0.15) is 0 Å². The molecule has 2 amide bonds. The Morgan fingerprint density at radius 3 is 2.65 bits per heavy atom. The average Bonchev–Trinajstić information content (AvgIpc) is 2.91. The molecule has 31 heavy (non-hydrogen) atoms. The smallest absolute Gasteiger partial charge is 0.326 e. The van der Waals surface area contributed by atoms with Crippen LogP contribution in [0.5, 0.6) is 0 Å². The van der Waals surface area contributed by atoms with Crippen molar-refractivity contribution in [1.82, 2.24) is 10.2 Å². The molecule has 1 unspecified atom stereocenters. The van der Waals surface area contributed by atoms with E-state index >= 15 is 0 Å². The number of thioether (sulfide) groups is 1. The van der Waals surface area contributed by atoms with Gasteiger partial charge in [-0.1, -0.05) is 30.3 Å². The number of carbonyl (C=O) groups excluding carboxylic acids is 3. The van der Waals surface area contributed by atoms with Gasteiger partial charge in [-0.15, -0.1) is 11.8 Å². The second-order valence-corrected chi connectivity index (χ2v) is 8.99. The molecule has 2 aliphatic heterocycles. The van der Waals surface area contributed by atoms with Gasteiger partial charge in [0.1, 0.15) is 18.0 Å². The summed E-state index contributed by atoms with van der Waals surface area (Å²) >= 11 is 1.55. The topological polar surface area (TPSA) is 113 Å². The summed E-state index contributed by atoms with van der Waals surface area (Å²) in [5.74, 6) is -3.10. The summed E-state index contributed by atoms with van der Waals surface area (Å²) in [5.41, 5.74) is 0.806. The van der Waals surface area contributed by atoms with Crippen molar-refractivity contribution in [3.8, 4) is 0 Å². The van der Waals surface area contributed by atoms with E-state index in [9.17, 15) is 24.3 Å². The number of benzene rings is 1. The van der Waals surface area contributed by atoms with Crippen LogP contribution in [0.1, 0.15) is 38.2 Å². The van der Waals surface area contributed by atoms with Gasteiger partial charge in [0.15, 0.2) is 0 Å². The number of carboxylic acids is 1. The summed E-state index contributed by atoms with van der Waals surface area (Å²) in [6.07, 6.45) is 2.43. The van der Waals surface area contributed by atoms with E-state index in [0.717, 1.165) is 18.4 Å². The summed E-state index contributed by atoms with van der Waals surface area (Å²) in [6, 6.07) is 7.39. The number of carbonyl (C=O) groups is 4. The SMILES string of the molecule is CCOC(=O)C(Cc1ccccc1)C(=O)N[C@H]1CCS[C@H]2CCC[C@@H](C(=O)O)N2C1=O. The molecule has 2 fully saturated rings. The van der Waals surface area contributed by atoms with Crippen LogP contribution in [0.3, 0.4) is 0 Å². The largest absolute Gasteiger partial charge is 0.480 e. The Bertz CT molecular complexity index is 817. The third-order valence-corrected chi connectivity index (χ3v) is 6.93. The molecule has 168 valence electrons. The Balaban J connectivity index is 1.77. The van der Waals surface area contributed by atoms with Crippen molar-refractivity contribution in [2.45, 2.75) is 56.5 Å². The molecule has 2 N–H and O–H groups in total. The molecule has 2 aliphatic rings. The maximum absolute atomic E-state index is 13.2. The molecule has 0 bridgehead atoms. The van der Waals surface area contributed by atoms with Crippen molar-refractivity contribution in [3.05, 3.63) is 35.9 Å². The molecule has 0 spiro atoms. The molecular weight excluding hydrogens is 420 g/mol. The number of ether oxygens (including phenoxy) is 1. The first-order chi connectivity index (χ1) is 14.9. The van der Waals surface area contributed by atoms with Gasteiger partial charge < -0.3 is 20.1 Å². The number of nitrogens with zero attached hydrogens (tertiary/aromatic N) is 1. The number of hydrogen-bond donors (Lipinski definition) is 2. The maximum Gasteiger partial charge on any atom is 0.326 e. The first-order valence-electron chi connectivity index (χ1n) is 10.6. The number of piperidine rings is 1. The normalized spacial score (nSPS) is 24.5. The van der Waals surface area contributed by atoms with Crippen LogP contribution in [0, 0.1) is 5.92 Å². The minimum absolute atomic E-state index is 0.145. The second-order valence-electron chi connectivity index (χ2n) is 7.70. The fourth-order valence-corrected chi connectivity index (χ4v) is 5.46. The molecule has 2 heterocycles. The van der Waals surface area contributed by atoms with Crippen LogP contribution >= 0.6 is 11.8 Å². The highest BCUT2D eigenvalue weighted by Crippen LogP contribution is 2.34. The predicted octanol–water partition coefficient (Wildman–Crippen LogP) is 1.82. The molecule has 0 aromatic heterocycles. The molecule has 9 heteroatoms. The summed E-state index contributed by atoms with van der Waals surface area (Å²) in [7, 11) is 0. The van der Waals surface area contributed by atoms with E-state index in [2.05, 4.69) is 5.32 Å². The summed E-state index contributed by atoms with van der Waals surface area (Å²) in [6.45, 7) is 1.82. The van der Waals surface area contributed by atoms with Crippen LogP contribution in [-0.2, 0) is 30.3 Å². The average molecular weight is 449 g/mol. The van der Waals surface area contributed by atoms with E-state index in [1.165, 1.54) is 4.90 Å². The highest BCUT2D eigenvalue weighted by Gasteiger charge is 2.43. The van der Waals surface area contributed by atoms with Gasteiger partial charge in [0.05, 0.1) is 12.0 Å². The van der Waals surface area contributed by atoms with Crippen molar-refractivity contribution < 1.29 is 29.0 Å². The standard InChI is InChI=1S/C22H28N2O6S/c1-2-30-22(29)15(13-14-7-4-3-5-8-14)19(25)23-16-11-12-31-18-10-6-9-17(21(27)28)24(18)20(16)26/h3-5,7-8,15-18H,2,6,9-13H2,1H3,(H,23,25)(H,27,28)/t15?,16-,17-,18-/m0/s1. The minimum Gasteiger partial charge on any atom is -0.480 e. The van der Waals surface area contributed by atoms with Gasteiger partial charge in [0, 0.05) is 0 Å². The summed E-state index contributed by atoms with van der Waals surface area (Å²) < 4.78 is 5.10. The molecule has 3 rings (SSSR count). The van der Waals surface area contributed by atoms with Crippen LogP contribution < -0.4 is 5.32 Å². The fraction of sp³-hybridized carbons (Fsp3) is 0.545. The van der Waals surface area contributed by atoms with Gasteiger partial charge in [0.25, 0.3) is 0 Å². The Labute approximate surface area is 185 Å². The number of esters is 1. The maximum atomic E-state index is 13.2. The second kappa shape index (κ2) is 10.7. The highest BCUT2D eigenvalue weighted by atomic mass is 32.2. The lowest BCUT2D eigenvalue weighted by atomic mass is 9.97. The Kier molecular flexibility index (Phi) is 7.95. The monoisotopic (exact) mass is 448 g/mol. The quantitative estimate of drug-likeness (QED) is 0.483. The van der Waals surface area contributed by atoms with Gasteiger partial charge in [-0.25, -0.2) is 4.79 Å². The Morgan fingerprint density at radius 2 is 1.97 bits per heavy atom. The number of nitrogens with one attached hydrogen (secondary N) is 1. The van der Waals surface area contributed by atoms with Crippen molar-refractivity contribution >= 4 is 35.5 Å². The third kappa shape index (κ3) is 5.58. The molecule has 4 atom stereocenters. The zero-order valence-electron chi connectivity index (χ0n) is 17.5. The van der Waals surface area contributed by atoms with Crippen LogP contribution in [0.25, 0.3) is 0 Å². The minimum atomic E-state index is -1.08. The lowest BCUT2D eigenvalue weighted by Crippen LogP contribution is -2.58. The molecule has 1 aromatic carbocycles. The highest BCUT2D eigenvalue weighted by molar-refractivity contribution is 7.99. The molecule has 0 aliphatic carbocycles. The van der Waals surface area contributed by atoms with E-state index < -0.39 is 41.8 Å². The van der Waals surface area contributed by atoms with E-state index in [-0.39, 0.29) is 18.4 Å². The van der Waals surface area contributed by atoms with Gasteiger partial charge in [-0.05, 0) is 50.3 Å². The number of rotatable bonds is 7. The lowest BCUT2D eigenvalue weighted by molar-refractivity contribution is -0.155. The van der Waals surface area contributed by atoms with E-state index in [1.54, 1.807) is 18.7 Å². The number of hydrogen-bond acceptors (Lipinski definition) is 6. The zero-order chi connectivity index (χ0) is 22.4. The van der Waals surface area contributed by atoms with E-state index in [4.69, 9.17) is 4.74 Å². The number of carboxylic acid groups (broad SMARTS) is 1. The van der Waals surface area contributed by atoms with Crippen LogP contribution in [0.2, 0.25) is 0 Å². The van der Waals surface area contributed by atoms with E-state index in [0.29, 0.717) is 18.6 Å². The third-order valence-electron chi connectivity index (χ3n) is 5.62. The van der Waals surface area contributed by atoms with Crippen LogP contribution in [0.4, 0.5) is 0 Å². The molecule has 8 nitrogen and oxygen atoms in total. The van der Waals surface area contributed by atoms with Crippen molar-refractivity contribution in [1.29, 1.82) is 0 Å². The van der Waals surface area contributed by atoms with Gasteiger partial charge in [-0.3, -0.25) is 14.4 Å². The lowest BCUT2D eigenvalue weighted by Gasteiger charge is -2.39. The first-order valence-corrected chi connectivity index (χ1v) is 11.6. The Morgan fingerprint density at radius 1 is 1.23 bits per heavy atom. The molecular formula is C22H28N2O6S. The molecule has 0 saturated carbocycles. The van der Waals surface area contributed by atoms with Crippen molar-refractivity contribution in [3.63, 3.8) is 0 Å². The van der Waals surface area contributed by atoms with Crippen LogP contribution in [0.15, 0.2) is 30.3 Å². The van der Waals surface area contributed by atoms with Gasteiger partial charge >= 0.3 is 11.9 Å². The first kappa shape index (κ1) is 23.1. The summed E-state index contributed by atoms with van der Waals surface area (Å²) in [4.78, 5) is 51.9. The van der Waals surface area contributed by atoms with E-state index in [1.807, 2.05) is 30.3 Å². The number of fused-ring (bicyclic) bond motifs is 1. The Hall–Kier alpha value is -2.55. The summed E-state index contributed by atoms with van der Waals surface area (Å²) in [5, 5.41) is 12.1. The molecule has 1 aromatic rings. The van der Waals surface area contributed by atoms with Crippen LogP contribution in [-0.4, -0.2) is 63.6 Å². The fourth-order valence-electron chi connectivity index (χ4n) is 4.07. The molecule has 0 radical (unpaired) electrons. The number of aliphatic carboxylic acids is 1. The number of amides is 2. The molecule has 2 saturated heterocycles.